The highest BCUT2D eigenvalue weighted by Crippen LogP contribution is 2.42. The van der Waals surface area contributed by atoms with Gasteiger partial charge in [0.25, 0.3) is 11.8 Å². The first-order valence-electron chi connectivity index (χ1n) is 16.7. The minimum absolute atomic E-state index is 0.129. The van der Waals surface area contributed by atoms with Gasteiger partial charge in [-0.15, -0.1) is 11.3 Å². The van der Waals surface area contributed by atoms with Crippen molar-refractivity contribution in [2.24, 2.45) is 0 Å². The number of nitrogens with one attached hydrogen (secondary N) is 2. The maximum Gasteiger partial charge on any atom is 0.338 e. The van der Waals surface area contributed by atoms with E-state index in [0.29, 0.717) is 26.0 Å². The molecule has 0 aliphatic carbocycles. The number of fused-ring (bicyclic) bond motifs is 7. The topological polar surface area (TPSA) is 133 Å². The molecule has 9 heteroatoms. The van der Waals surface area contributed by atoms with Gasteiger partial charge in [0, 0.05) is 37.0 Å². The third-order valence-electron chi connectivity index (χ3n) is 9.63. The van der Waals surface area contributed by atoms with E-state index in [2.05, 4.69) is 22.8 Å². The summed E-state index contributed by atoms with van der Waals surface area (Å²) in [7, 11) is 0. The third-order valence-corrected chi connectivity index (χ3v) is 10.7. The summed E-state index contributed by atoms with van der Waals surface area (Å²) in [6.45, 7) is 0. The summed E-state index contributed by atoms with van der Waals surface area (Å²) in [5, 5.41) is 35.0. The highest BCUT2D eigenvalue weighted by Gasteiger charge is 2.28. The van der Waals surface area contributed by atoms with Crippen LogP contribution in [0.3, 0.4) is 0 Å². The first kappa shape index (κ1) is 31.9. The second kappa shape index (κ2) is 12.3. The van der Waals surface area contributed by atoms with Gasteiger partial charge < -0.3 is 20.8 Å². The summed E-state index contributed by atoms with van der Waals surface area (Å²) >= 11 is 1.23. The zero-order valence-corrected chi connectivity index (χ0v) is 28.5. The normalized spacial score (nSPS) is 11.5. The highest BCUT2D eigenvalue weighted by atomic mass is 32.1. The zero-order valence-electron chi connectivity index (χ0n) is 27.6. The number of carbonyl (C=O) groups excluding carboxylic acids is 2. The van der Waals surface area contributed by atoms with Crippen LogP contribution >= 0.6 is 11.3 Å². The van der Waals surface area contributed by atoms with Crippen molar-refractivity contribution in [2.45, 2.75) is 0 Å². The maximum absolute atomic E-state index is 13.6. The van der Waals surface area contributed by atoms with Crippen LogP contribution in [0.1, 0.15) is 41.4 Å². The van der Waals surface area contributed by atoms with Gasteiger partial charge in [-0.05, 0) is 110 Å². The fraction of sp³-hybridized carbons (Fsp3) is 0. The van der Waals surface area contributed by atoms with Gasteiger partial charge in [-0.25, -0.2) is 9.59 Å². The lowest BCUT2D eigenvalue weighted by atomic mass is 9.98. The van der Waals surface area contributed by atoms with Gasteiger partial charge in [0.1, 0.15) is 0 Å². The van der Waals surface area contributed by atoms with Crippen LogP contribution in [0.5, 0.6) is 0 Å². The lowest BCUT2D eigenvalue weighted by molar-refractivity contribution is 0.0654. The molecule has 0 aliphatic heterocycles. The monoisotopic (exact) mass is 710 g/mol. The molecule has 9 aromatic rings. The Morgan fingerprint density at radius 3 is 1.47 bits per heavy atom. The van der Waals surface area contributed by atoms with E-state index in [9.17, 15) is 29.4 Å². The molecule has 1 aromatic heterocycles. The SMILES string of the molecule is O=C(Nc1ccc2c(c1)sc1cc(NC(=O)c3ccc4cc5ccccc5cc4c3)c(C(=O)O)c(C(=O)O)c12)c1ccc2cc3ccccc3cc2c1. The molecule has 0 saturated heterocycles. The molecule has 53 heavy (non-hydrogen) atoms. The number of carbonyl (C=O) groups is 4. The van der Waals surface area contributed by atoms with Crippen molar-refractivity contribution in [1.29, 1.82) is 0 Å². The molecule has 0 radical (unpaired) electrons. The Morgan fingerprint density at radius 1 is 0.453 bits per heavy atom. The van der Waals surface area contributed by atoms with E-state index in [-0.39, 0.29) is 22.5 Å². The number of anilines is 2. The Balaban J connectivity index is 1.06. The average molecular weight is 711 g/mol. The minimum atomic E-state index is -1.49. The number of thiophene rings is 1. The molecule has 0 atom stereocenters. The van der Waals surface area contributed by atoms with Crippen LogP contribution < -0.4 is 10.6 Å². The Kier molecular flexibility index (Phi) is 7.39. The molecular formula is C44H26N2O6S. The Bertz CT molecular complexity index is 3070. The summed E-state index contributed by atoms with van der Waals surface area (Å²) < 4.78 is 1.10. The number of amides is 2. The number of rotatable bonds is 6. The lowest BCUT2D eigenvalue weighted by Gasteiger charge is -2.13. The third kappa shape index (κ3) is 5.56. The molecule has 0 unspecified atom stereocenters. The Hall–Kier alpha value is -7.10. The molecular weight excluding hydrogens is 685 g/mol. The van der Waals surface area contributed by atoms with Crippen molar-refractivity contribution in [1.82, 2.24) is 0 Å². The van der Waals surface area contributed by atoms with Gasteiger partial charge in [-0.2, -0.15) is 0 Å². The van der Waals surface area contributed by atoms with E-state index in [4.69, 9.17) is 0 Å². The van der Waals surface area contributed by atoms with Gasteiger partial charge in [0.05, 0.1) is 16.8 Å². The molecule has 8 nitrogen and oxygen atoms in total. The quantitative estimate of drug-likeness (QED) is 0.127. The summed E-state index contributed by atoms with van der Waals surface area (Å²) in [5.74, 6) is -3.82. The van der Waals surface area contributed by atoms with Crippen molar-refractivity contribution >= 4 is 110 Å². The summed E-state index contributed by atoms with van der Waals surface area (Å²) in [6.07, 6.45) is 0. The Labute approximate surface area is 304 Å². The van der Waals surface area contributed by atoms with Gasteiger partial charge in [0.2, 0.25) is 0 Å². The molecule has 254 valence electrons. The van der Waals surface area contributed by atoms with Gasteiger partial charge >= 0.3 is 11.9 Å². The fourth-order valence-electron chi connectivity index (χ4n) is 7.11. The predicted octanol–water partition coefficient (Wildman–Crippen LogP) is 10.6. The summed E-state index contributed by atoms with van der Waals surface area (Å²) in [5.41, 5.74) is 0.172. The van der Waals surface area contributed by atoms with Crippen LogP contribution in [0.25, 0.3) is 63.3 Å². The molecule has 2 amide bonds. The van der Waals surface area contributed by atoms with Gasteiger partial charge in [-0.1, -0.05) is 66.7 Å². The first-order valence-corrected chi connectivity index (χ1v) is 17.5. The van der Waals surface area contributed by atoms with E-state index in [1.54, 1.807) is 36.4 Å². The second-order valence-corrected chi connectivity index (χ2v) is 14.0. The number of benzene rings is 8. The van der Waals surface area contributed by atoms with Crippen LogP contribution in [0.4, 0.5) is 11.4 Å². The van der Waals surface area contributed by atoms with Crippen molar-refractivity contribution in [2.75, 3.05) is 10.6 Å². The van der Waals surface area contributed by atoms with Crippen LogP contribution in [-0.2, 0) is 0 Å². The first-order chi connectivity index (χ1) is 25.7. The molecule has 0 fully saturated rings. The van der Waals surface area contributed by atoms with Gasteiger partial charge in [0.15, 0.2) is 0 Å². The number of carboxylic acid groups (broad SMARTS) is 2. The molecule has 0 spiro atoms. The van der Waals surface area contributed by atoms with Crippen LogP contribution in [0, 0.1) is 0 Å². The standard InChI is InChI=1S/C44H26N2O6S/c47-41(29-11-9-27-15-23-5-1-3-7-25(23)17-31(27)19-29)45-33-13-14-34-36(21-33)53-37-22-35(39(43(49)50)40(38(34)37)44(51)52)46-42(48)30-12-10-28-16-24-6-2-4-8-26(24)18-32(28)20-30/h1-22H,(H,45,47)(H,46,48)(H,49,50)(H,51,52). The van der Waals surface area contributed by atoms with Crippen LogP contribution in [-0.4, -0.2) is 34.0 Å². The maximum atomic E-state index is 13.6. The molecule has 9 rings (SSSR count). The summed E-state index contributed by atoms with van der Waals surface area (Å²) in [6, 6.07) is 41.4. The predicted molar refractivity (Wildman–Crippen MR) is 212 cm³/mol. The highest BCUT2D eigenvalue weighted by molar-refractivity contribution is 7.26. The number of aromatic carboxylic acids is 2. The van der Waals surface area contributed by atoms with Crippen molar-refractivity contribution in [3.8, 4) is 0 Å². The zero-order chi connectivity index (χ0) is 36.4. The number of hydrogen-bond acceptors (Lipinski definition) is 5. The van der Waals surface area contributed by atoms with E-state index >= 15 is 0 Å². The Morgan fingerprint density at radius 2 is 0.943 bits per heavy atom. The molecule has 8 aromatic carbocycles. The molecule has 0 saturated carbocycles. The molecule has 4 N–H and O–H groups in total. The fourth-order valence-corrected chi connectivity index (χ4v) is 8.30. The smallest absolute Gasteiger partial charge is 0.338 e. The molecule has 0 bridgehead atoms. The van der Waals surface area contributed by atoms with Crippen LogP contribution in [0.2, 0.25) is 0 Å². The number of carboxylic acids is 2. The van der Waals surface area contributed by atoms with Gasteiger partial charge in [-0.3, -0.25) is 9.59 Å². The van der Waals surface area contributed by atoms with Crippen molar-refractivity contribution in [3.05, 3.63) is 156 Å². The van der Waals surface area contributed by atoms with E-state index in [1.165, 1.54) is 17.4 Å². The van der Waals surface area contributed by atoms with E-state index < -0.39 is 29.0 Å². The van der Waals surface area contributed by atoms with E-state index in [0.717, 1.165) is 43.1 Å². The van der Waals surface area contributed by atoms with E-state index in [1.807, 2.05) is 78.9 Å². The molecule has 0 aliphatic rings. The summed E-state index contributed by atoms with van der Waals surface area (Å²) in [4.78, 5) is 52.4. The lowest BCUT2D eigenvalue weighted by Crippen LogP contribution is -2.17. The average Bonchev–Trinajstić information content (AvgIpc) is 3.52. The molecule has 1 heterocycles. The largest absolute Gasteiger partial charge is 0.478 e. The van der Waals surface area contributed by atoms with Crippen molar-refractivity contribution in [3.63, 3.8) is 0 Å². The van der Waals surface area contributed by atoms with Crippen LogP contribution in [0.15, 0.2) is 133 Å². The number of hydrogen-bond donors (Lipinski definition) is 4. The minimum Gasteiger partial charge on any atom is -0.478 e. The second-order valence-electron chi connectivity index (χ2n) is 12.9. The van der Waals surface area contributed by atoms with Crippen molar-refractivity contribution < 1.29 is 29.4 Å².